The third-order valence-corrected chi connectivity index (χ3v) is 4.07. The predicted molar refractivity (Wildman–Crippen MR) is 99.8 cm³/mol. The van der Waals surface area contributed by atoms with Gasteiger partial charge in [0.1, 0.15) is 11.6 Å². The standard InChI is InChI=1S/C17H16IN3O2/c1-10-19-14-9-16(23-3)15(22-2)8-13(14)17(20-10)21-12-6-4-5-11(18)7-12/h4-9H,1-3H3,(H,19,20,21). The quantitative estimate of drug-likeness (QED) is 0.637. The third kappa shape index (κ3) is 3.31. The molecule has 1 aromatic heterocycles. The van der Waals surface area contributed by atoms with Gasteiger partial charge >= 0.3 is 0 Å². The number of hydrogen-bond acceptors (Lipinski definition) is 5. The maximum Gasteiger partial charge on any atom is 0.162 e. The van der Waals surface area contributed by atoms with Crippen molar-refractivity contribution in [1.82, 2.24) is 9.97 Å². The molecule has 0 fully saturated rings. The maximum atomic E-state index is 5.39. The molecule has 6 heteroatoms. The Morgan fingerprint density at radius 2 is 1.74 bits per heavy atom. The Bertz CT molecular complexity index is 868. The molecule has 0 spiro atoms. The molecular weight excluding hydrogens is 405 g/mol. The third-order valence-electron chi connectivity index (χ3n) is 3.40. The zero-order chi connectivity index (χ0) is 16.4. The molecule has 0 unspecified atom stereocenters. The zero-order valence-corrected chi connectivity index (χ0v) is 15.2. The highest BCUT2D eigenvalue weighted by atomic mass is 127. The Labute approximate surface area is 148 Å². The lowest BCUT2D eigenvalue weighted by molar-refractivity contribution is 0.356. The first-order valence-corrected chi connectivity index (χ1v) is 8.11. The van der Waals surface area contributed by atoms with Crippen LogP contribution in [-0.4, -0.2) is 24.2 Å². The van der Waals surface area contributed by atoms with Crippen molar-refractivity contribution in [2.24, 2.45) is 0 Å². The first-order valence-electron chi connectivity index (χ1n) is 7.03. The van der Waals surface area contributed by atoms with E-state index in [1.54, 1.807) is 14.2 Å². The number of fused-ring (bicyclic) bond motifs is 1. The SMILES string of the molecule is COc1cc2nc(C)nc(Nc3cccc(I)c3)c2cc1OC. The van der Waals surface area contributed by atoms with Crippen molar-refractivity contribution >= 4 is 45.0 Å². The topological polar surface area (TPSA) is 56.3 Å². The van der Waals surface area contributed by atoms with E-state index >= 15 is 0 Å². The van der Waals surface area contributed by atoms with E-state index in [-0.39, 0.29) is 0 Å². The molecule has 0 bridgehead atoms. The number of methoxy groups -OCH3 is 2. The van der Waals surface area contributed by atoms with Crippen LogP contribution in [-0.2, 0) is 0 Å². The minimum atomic E-state index is 0.651. The summed E-state index contributed by atoms with van der Waals surface area (Å²) in [6.45, 7) is 1.87. The van der Waals surface area contributed by atoms with Crippen LogP contribution in [0.25, 0.3) is 10.9 Å². The molecular formula is C17H16IN3O2. The summed E-state index contributed by atoms with van der Waals surface area (Å²) in [5.74, 6) is 2.74. The number of aryl methyl sites for hydroxylation is 1. The summed E-state index contributed by atoms with van der Waals surface area (Å²) in [6.07, 6.45) is 0. The summed E-state index contributed by atoms with van der Waals surface area (Å²) in [7, 11) is 3.23. The fourth-order valence-electron chi connectivity index (χ4n) is 2.37. The van der Waals surface area contributed by atoms with Crippen LogP contribution in [0.2, 0.25) is 0 Å². The smallest absolute Gasteiger partial charge is 0.162 e. The molecule has 0 aliphatic heterocycles. The molecule has 0 amide bonds. The molecule has 0 aliphatic carbocycles. The number of halogens is 1. The zero-order valence-electron chi connectivity index (χ0n) is 13.1. The minimum absolute atomic E-state index is 0.651. The summed E-state index contributed by atoms with van der Waals surface area (Å²) >= 11 is 2.28. The molecule has 0 saturated carbocycles. The number of aromatic nitrogens is 2. The van der Waals surface area contributed by atoms with Crippen molar-refractivity contribution in [2.45, 2.75) is 6.92 Å². The molecule has 3 aromatic rings. The van der Waals surface area contributed by atoms with E-state index in [9.17, 15) is 0 Å². The summed E-state index contributed by atoms with van der Waals surface area (Å²) in [5.41, 5.74) is 1.79. The molecule has 0 atom stereocenters. The first-order chi connectivity index (χ1) is 11.1. The van der Waals surface area contributed by atoms with Crippen LogP contribution < -0.4 is 14.8 Å². The number of nitrogens with one attached hydrogen (secondary N) is 1. The second kappa shape index (κ2) is 6.57. The number of hydrogen-bond donors (Lipinski definition) is 1. The highest BCUT2D eigenvalue weighted by Crippen LogP contribution is 2.34. The van der Waals surface area contributed by atoms with E-state index in [1.807, 2.05) is 37.3 Å². The van der Waals surface area contributed by atoms with Gasteiger partial charge in [-0.05, 0) is 53.8 Å². The average Bonchev–Trinajstić information content (AvgIpc) is 2.53. The van der Waals surface area contributed by atoms with Gasteiger partial charge in [-0.15, -0.1) is 0 Å². The fourth-order valence-corrected chi connectivity index (χ4v) is 2.91. The predicted octanol–water partition coefficient (Wildman–Crippen LogP) is 4.30. The number of rotatable bonds is 4. The van der Waals surface area contributed by atoms with Gasteiger partial charge in [0, 0.05) is 20.7 Å². The number of nitrogens with zero attached hydrogens (tertiary/aromatic N) is 2. The van der Waals surface area contributed by atoms with E-state index in [0.717, 1.165) is 26.0 Å². The van der Waals surface area contributed by atoms with Gasteiger partial charge < -0.3 is 14.8 Å². The Morgan fingerprint density at radius 3 is 2.43 bits per heavy atom. The van der Waals surface area contributed by atoms with Crippen LogP contribution in [0.4, 0.5) is 11.5 Å². The lowest BCUT2D eigenvalue weighted by Gasteiger charge is -2.13. The molecule has 3 rings (SSSR count). The van der Waals surface area contributed by atoms with Crippen molar-refractivity contribution in [3.63, 3.8) is 0 Å². The molecule has 0 radical (unpaired) electrons. The monoisotopic (exact) mass is 421 g/mol. The highest BCUT2D eigenvalue weighted by Gasteiger charge is 2.12. The Balaban J connectivity index is 2.15. The number of benzene rings is 2. The van der Waals surface area contributed by atoms with Gasteiger partial charge in [-0.1, -0.05) is 6.07 Å². The van der Waals surface area contributed by atoms with Crippen LogP contribution in [0.15, 0.2) is 36.4 Å². The summed E-state index contributed by atoms with van der Waals surface area (Å²) in [6, 6.07) is 11.9. The van der Waals surface area contributed by atoms with Crippen LogP contribution in [0.3, 0.4) is 0 Å². The van der Waals surface area contributed by atoms with Gasteiger partial charge in [0.25, 0.3) is 0 Å². The summed E-state index contributed by atoms with van der Waals surface area (Å²) < 4.78 is 11.9. The van der Waals surface area contributed by atoms with Gasteiger partial charge in [0.15, 0.2) is 11.5 Å². The lowest BCUT2D eigenvalue weighted by Crippen LogP contribution is -2.00. The van der Waals surface area contributed by atoms with Crippen molar-refractivity contribution in [3.05, 3.63) is 45.8 Å². The van der Waals surface area contributed by atoms with Gasteiger partial charge in [0.2, 0.25) is 0 Å². The van der Waals surface area contributed by atoms with Gasteiger partial charge in [0.05, 0.1) is 19.7 Å². The van der Waals surface area contributed by atoms with Crippen molar-refractivity contribution < 1.29 is 9.47 Å². The summed E-state index contributed by atoms with van der Waals surface area (Å²) in [5, 5.41) is 4.25. The normalized spacial score (nSPS) is 10.6. The number of anilines is 2. The fraction of sp³-hybridized carbons (Fsp3) is 0.176. The van der Waals surface area contributed by atoms with E-state index in [4.69, 9.17) is 9.47 Å². The molecule has 23 heavy (non-hydrogen) atoms. The molecule has 0 aliphatic rings. The second-order valence-electron chi connectivity index (χ2n) is 4.98. The van der Waals surface area contributed by atoms with Crippen molar-refractivity contribution in [1.29, 1.82) is 0 Å². The lowest BCUT2D eigenvalue weighted by atomic mass is 10.2. The van der Waals surface area contributed by atoms with Gasteiger partial charge in [-0.2, -0.15) is 0 Å². The molecule has 2 aromatic carbocycles. The molecule has 1 N–H and O–H groups in total. The minimum Gasteiger partial charge on any atom is -0.493 e. The molecule has 5 nitrogen and oxygen atoms in total. The first kappa shape index (κ1) is 15.8. The Hall–Kier alpha value is -2.09. The van der Waals surface area contributed by atoms with E-state index in [2.05, 4.69) is 43.9 Å². The van der Waals surface area contributed by atoms with Crippen LogP contribution in [0, 0.1) is 10.5 Å². The molecule has 0 saturated heterocycles. The van der Waals surface area contributed by atoms with Crippen molar-refractivity contribution in [3.8, 4) is 11.5 Å². The highest BCUT2D eigenvalue weighted by molar-refractivity contribution is 14.1. The Morgan fingerprint density at radius 1 is 1.00 bits per heavy atom. The van der Waals surface area contributed by atoms with Crippen LogP contribution >= 0.6 is 22.6 Å². The van der Waals surface area contributed by atoms with Crippen LogP contribution in [0.1, 0.15) is 5.82 Å². The van der Waals surface area contributed by atoms with E-state index < -0.39 is 0 Å². The molecule has 118 valence electrons. The second-order valence-corrected chi connectivity index (χ2v) is 6.22. The largest absolute Gasteiger partial charge is 0.493 e. The summed E-state index contributed by atoms with van der Waals surface area (Å²) in [4.78, 5) is 9.03. The van der Waals surface area contributed by atoms with E-state index in [0.29, 0.717) is 17.3 Å². The number of ether oxygens (including phenoxy) is 2. The van der Waals surface area contributed by atoms with E-state index in [1.165, 1.54) is 0 Å². The van der Waals surface area contributed by atoms with Gasteiger partial charge in [-0.3, -0.25) is 0 Å². The van der Waals surface area contributed by atoms with Crippen LogP contribution in [0.5, 0.6) is 11.5 Å². The van der Waals surface area contributed by atoms with Gasteiger partial charge in [-0.25, -0.2) is 9.97 Å². The maximum absolute atomic E-state index is 5.39. The average molecular weight is 421 g/mol. The van der Waals surface area contributed by atoms with Crippen molar-refractivity contribution in [2.75, 3.05) is 19.5 Å². The Kier molecular flexibility index (Phi) is 4.51. The molecule has 1 heterocycles.